The quantitative estimate of drug-likeness (QED) is 0.798. The summed E-state index contributed by atoms with van der Waals surface area (Å²) in [5, 5.41) is 8.77. The van der Waals surface area contributed by atoms with Gasteiger partial charge in [-0.15, -0.1) is 0 Å². The van der Waals surface area contributed by atoms with Crippen LogP contribution in [0.3, 0.4) is 0 Å². The van der Waals surface area contributed by atoms with Crippen molar-refractivity contribution in [2.75, 3.05) is 5.75 Å². The largest absolute Gasteiger partial charge is 0.478 e. The molecule has 1 rings (SSSR count). The van der Waals surface area contributed by atoms with Crippen molar-refractivity contribution in [3.63, 3.8) is 0 Å². The highest BCUT2D eigenvalue weighted by molar-refractivity contribution is 7.85. The second-order valence-electron chi connectivity index (χ2n) is 3.71. The number of carboxylic acids is 1. The van der Waals surface area contributed by atoms with Gasteiger partial charge in [0.25, 0.3) is 0 Å². The first kappa shape index (κ1) is 13.8. The van der Waals surface area contributed by atoms with E-state index in [4.69, 9.17) is 5.11 Å². The van der Waals surface area contributed by atoms with Gasteiger partial charge < -0.3 is 5.11 Å². The van der Waals surface area contributed by atoms with E-state index in [-0.39, 0.29) is 10.5 Å². The van der Waals surface area contributed by atoms with E-state index in [2.05, 4.69) is 0 Å². The molecule has 0 aliphatic rings. The Morgan fingerprint density at radius 3 is 2.71 bits per heavy atom. The number of hydrogen-bond acceptors (Lipinski definition) is 2. The van der Waals surface area contributed by atoms with E-state index in [1.165, 1.54) is 6.07 Å². The first-order valence-corrected chi connectivity index (χ1v) is 6.79. The molecule has 17 heavy (non-hydrogen) atoms. The minimum Gasteiger partial charge on any atom is -0.478 e. The number of unbranched alkanes of at least 4 members (excludes halogenated alkanes) is 2. The monoisotopic (exact) mass is 258 g/mol. The maximum atomic E-state index is 13.4. The summed E-state index contributed by atoms with van der Waals surface area (Å²) in [6.07, 6.45) is 2.68. The Hall–Kier alpha value is -1.23. The van der Waals surface area contributed by atoms with Crippen LogP contribution in [-0.4, -0.2) is 21.0 Å². The van der Waals surface area contributed by atoms with E-state index in [1.54, 1.807) is 0 Å². The van der Waals surface area contributed by atoms with Gasteiger partial charge >= 0.3 is 5.97 Å². The lowest BCUT2D eigenvalue weighted by Crippen LogP contribution is -2.04. The minimum absolute atomic E-state index is 0.0130. The third-order valence-corrected chi connectivity index (χ3v) is 3.82. The molecule has 1 aromatic rings. The molecule has 3 nitrogen and oxygen atoms in total. The van der Waals surface area contributed by atoms with E-state index >= 15 is 0 Å². The maximum absolute atomic E-state index is 13.4. The molecule has 0 aromatic heterocycles. The Labute approximate surface area is 102 Å². The number of carboxylic acid groups (broad SMARTS) is 1. The molecule has 0 saturated heterocycles. The highest BCUT2D eigenvalue weighted by atomic mass is 32.2. The molecule has 0 radical (unpaired) electrons. The summed E-state index contributed by atoms with van der Waals surface area (Å²) < 4.78 is 25.2. The van der Waals surface area contributed by atoms with Crippen molar-refractivity contribution in [1.29, 1.82) is 0 Å². The third-order valence-electron chi connectivity index (χ3n) is 2.36. The molecule has 1 N–H and O–H groups in total. The van der Waals surface area contributed by atoms with Crippen molar-refractivity contribution in [3.05, 3.63) is 29.6 Å². The Balaban J connectivity index is 2.84. The van der Waals surface area contributed by atoms with E-state index in [1.807, 2.05) is 6.92 Å². The fourth-order valence-electron chi connectivity index (χ4n) is 1.40. The zero-order valence-electron chi connectivity index (χ0n) is 9.61. The normalized spacial score (nSPS) is 12.4. The summed E-state index contributed by atoms with van der Waals surface area (Å²) in [5.74, 6) is -1.38. The summed E-state index contributed by atoms with van der Waals surface area (Å²) in [6, 6.07) is 3.38. The van der Waals surface area contributed by atoms with Crippen LogP contribution in [0.2, 0.25) is 0 Å². The average Bonchev–Trinajstić information content (AvgIpc) is 2.29. The molecular formula is C12H15FO3S. The Kier molecular flexibility index (Phi) is 5.28. The molecule has 0 spiro atoms. The number of aromatic carboxylic acids is 1. The van der Waals surface area contributed by atoms with Gasteiger partial charge in [0, 0.05) is 5.75 Å². The Bertz CT molecular complexity index is 432. The molecule has 0 fully saturated rings. The van der Waals surface area contributed by atoms with Gasteiger partial charge in [0.15, 0.2) is 0 Å². The van der Waals surface area contributed by atoms with Crippen LogP contribution >= 0.6 is 0 Å². The fourth-order valence-corrected chi connectivity index (χ4v) is 2.63. The van der Waals surface area contributed by atoms with Gasteiger partial charge in [-0.25, -0.2) is 9.18 Å². The van der Waals surface area contributed by atoms with Crippen LogP contribution in [0.5, 0.6) is 0 Å². The molecule has 0 aliphatic carbocycles. The molecule has 0 aliphatic heterocycles. The standard InChI is InChI=1S/C12H15FO3S/c1-2-3-4-7-17(16)11-8-9(12(14)15)5-6-10(11)13/h5-6,8H,2-4,7H2,1H3,(H,14,15). The summed E-state index contributed by atoms with van der Waals surface area (Å²) in [7, 11) is -1.46. The molecule has 0 amide bonds. The highest BCUT2D eigenvalue weighted by Crippen LogP contribution is 2.16. The lowest BCUT2D eigenvalue weighted by molar-refractivity contribution is 0.0696. The minimum atomic E-state index is -1.46. The van der Waals surface area contributed by atoms with E-state index in [0.29, 0.717) is 5.75 Å². The molecule has 1 atom stereocenters. The highest BCUT2D eigenvalue weighted by Gasteiger charge is 2.13. The Morgan fingerprint density at radius 1 is 1.41 bits per heavy atom. The van der Waals surface area contributed by atoms with Gasteiger partial charge in [-0.1, -0.05) is 19.8 Å². The molecule has 5 heteroatoms. The second-order valence-corrected chi connectivity index (χ2v) is 5.25. The van der Waals surface area contributed by atoms with Crippen molar-refractivity contribution in [2.45, 2.75) is 31.1 Å². The summed E-state index contributed by atoms with van der Waals surface area (Å²) in [6.45, 7) is 2.02. The average molecular weight is 258 g/mol. The van der Waals surface area contributed by atoms with Crippen molar-refractivity contribution < 1.29 is 18.5 Å². The van der Waals surface area contributed by atoms with E-state index in [0.717, 1.165) is 31.4 Å². The van der Waals surface area contributed by atoms with Crippen LogP contribution in [0.4, 0.5) is 4.39 Å². The van der Waals surface area contributed by atoms with Crippen molar-refractivity contribution >= 4 is 16.8 Å². The third kappa shape index (κ3) is 3.93. The summed E-state index contributed by atoms with van der Waals surface area (Å²) in [4.78, 5) is 10.7. The second kappa shape index (κ2) is 6.49. The van der Waals surface area contributed by atoms with Crippen molar-refractivity contribution in [1.82, 2.24) is 0 Å². The van der Waals surface area contributed by atoms with E-state index < -0.39 is 22.6 Å². The smallest absolute Gasteiger partial charge is 0.335 e. The van der Waals surface area contributed by atoms with Gasteiger partial charge in [0.05, 0.1) is 21.3 Å². The number of benzene rings is 1. The van der Waals surface area contributed by atoms with Gasteiger partial charge in [-0.3, -0.25) is 4.21 Å². The summed E-state index contributed by atoms with van der Waals surface area (Å²) in [5.41, 5.74) is -0.0368. The maximum Gasteiger partial charge on any atom is 0.335 e. The SMILES string of the molecule is CCCCCS(=O)c1cc(C(=O)O)ccc1F. The topological polar surface area (TPSA) is 54.4 Å². The molecule has 94 valence electrons. The predicted octanol–water partition coefficient (Wildman–Crippen LogP) is 2.82. The number of hydrogen-bond donors (Lipinski definition) is 1. The lowest BCUT2D eigenvalue weighted by Gasteiger charge is -2.04. The fraction of sp³-hybridized carbons (Fsp3) is 0.417. The summed E-state index contributed by atoms with van der Waals surface area (Å²) >= 11 is 0. The number of halogens is 1. The van der Waals surface area contributed by atoms with Crippen LogP contribution in [0.25, 0.3) is 0 Å². The van der Waals surface area contributed by atoms with Crippen molar-refractivity contribution in [2.24, 2.45) is 0 Å². The lowest BCUT2D eigenvalue weighted by atomic mass is 10.2. The first-order valence-electron chi connectivity index (χ1n) is 5.47. The van der Waals surface area contributed by atoms with E-state index in [9.17, 15) is 13.4 Å². The predicted molar refractivity (Wildman–Crippen MR) is 64.2 cm³/mol. The molecule has 1 unspecified atom stereocenters. The molecule has 0 saturated carbocycles. The van der Waals surface area contributed by atoms with Gasteiger partial charge in [-0.2, -0.15) is 0 Å². The number of rotatable bonds is 6. The molecule has 0 heterocycles. The van der Waals surface area contributed by atoms with Gasteiger partial charge in [-0.05, 0) is 24.6 Å². The van der Waals surface area contributed by atoms with Crippen LogP contribution in [-0.2, 0) is 10.8 Å². The van der Waals surface area contributed by atoms with Crippen LogP contribution in [0.15, 0.2) is 23.1 Å². The van der Waals surface area contributed by atoms with Crippen LogP contribution in [0.1, 0.15) is 36.5 Å². The number of carbonyl (C=O) groups is 1. The Morgan fingerprint density at radius 2 is 2.12 bits per heavy atom. The van der Waals surface area contributed by atoms with Gasteiger partial charge in [0.1, 0.15) is 5.82 Å². The van der Waals surface area contributed by atoms with Gasteiger partial charge in [0.2, 0.25) is 0 Å². The molecule has 1 aromatic carbocycles. The molecular weight excluding hydrogens is 243 g/mol. The zero-order chi connectivity index (χ0) is 12.8. The van der Waals surface area contributed by atoms with Crippen LogP contribution < -0.4 is 0 Å². The molecule has 0 bridgehead atoms. The zero-order valence-corrected chi connectivity index (χ0v) is 10.4. The van der Waals surface area contributed by atoms with Crippen LogP contribution in [0, 0.1) is 5.82 Å². The van der Waals surface area contributed by atoms with Crippen molar-refractivity contribution in [3.8, 4) is 0 Å². The first-order chi connectivity index (χ1) is 8.06.